The molecule has 0 amide bonds. The molecule has 154 valence electrons. The maximum absolute atomic E-state index is 5.47. The van der Waals surface area contributed by atoms with Crippen molar-refractivity contribution in [1.82, 2.24) is 19.7 Å². The van der Waals surface area contributed by atoms with Gasteiger partial charge in [0.15, 0.2) is 11.5 Å². The predicted octanol–water partition coefficient (Wildman–Crippen LogP) is 4.53. The van der Waals surface area contributed by atoms with Gasteiger partial charge in [-0.2, -0.15) is 5.10 Å². The fourth-order valence-corrected chi connectivity index (χ4v) is 3.53. The first-order valence-corrected chi connectivity index (χ1v) is 9.74. The van der Waals surface area contributed by atoms with Crippen molar-refractivity contribution in [2.45, 2.75) is 19.9 Å². The van der Waals surface area contributed by atoms with Gasteiger partial charge in [-0.15, -0.1) is 0 Å². The maximum Gasteiger partial charge on any atom is 0.162 e. The predicted molar refractivity (Wildman–Crippen MR) is 118 cm³/mol. The van der Waals surface area contributed by atoms with Gasteiger partial charge in [0.2, 0.25) is 0 Å². The summed E-state index contributed by atoms with van der Waals surface area (Å²) in [7, 11) is 5.16. The van der Waals surface area contributed by atoms with Gasteiger partial charge in [0.05, 0.1) is 25.9 Å². The average molecular weight is 403 g/mol. The molecular weight excluding hydrogens is 378 g/mol. The maximum atomic E-state index is 5.47. The van der Waals surface area contributed by atoms with Crippen LogP contribution in [-0.2, 0) is 7.05 Å². The molecule has 1 unspecified atom stereocenters. The van der Waals surface area contributed by atoms with Crippen molar-refractivity contribution in [3.63, 3.8) is 0 Å². The lowest BCUT2D eigenvalue weighted by molar-refractivity contribution is 0.356. The Morgan fingerprint density at radius 3 is 2.47 bits per heavy atom. The van der Waals surface area contributed by atoms with E-state index in [4.69, 9.17) is 9.47 Å². The van der Waals surface area contributed by atoms with Crippen molar-refractivity contribution < 1.29 is 9.47 Å². The van der Waals surface area contributed by atoms with Gasteiger partial charge in [0.25, 0.3) is 0 Å². The van der Waals surface area contributed by atoms with Crippen molar-refractivity contribution in [3.05, 3.63) is 60.2 Å². The van der Waals surface area contributed by atoms with Crippen LogP contribution in [0, 0.1) is 6.92 Å². The van der Waals surface area contributed by atoms with Crippen LogP contribution < -0.4 is 14.8 Å². The highest BCUT2D eigenvalue weighted by Gasteiger charge is 2.15. The lowest BCUT2D eigenvalue weighted by Gasteiger charge is -2.18. The van der Waals surface area contributed by atoms with E-state index in [1.165, 1.54) is 0 Å². The summed E-state index contributed by atoms with van der Waals surface area (Å²) in [5.41, 5.74) is 4.18. The van der Waals surface area contributed by atoms with Crippen LogP contribution in [0.2, 0.25) is 0 Å². The Bertz CT molecular complexity index is 1200. The molecule has 0 spiro atoms. The molecule has 4 rings (SSSR count). The van der Waals surface area contributed by atoms with Crippen LogP contribution >= 0.6 is 0 Å². The van der Waals surface area contributed by atoms with Crippen LogP contribution in [0.5, 0.6) is 11.5 Å². The van der Waals surface area contributed by atoms with Crippen LogP contribution in [0.15, 0.2) is 48.8 Å². The summed E-state index contributed by atoms with van der Waals surface area (Å²) in [5.74, 6) is 2.74. The third-order valence-corrected chi connectivity index (χ3v) is 5.09. The smallest absolute Gasteiger partial charge is 0.162 e. The zero-order chi connectivity index (χ0) is 21.3. The highest BCUT2D eigenvalue weighted by atomic mass is 16.5. The molecule has 0 fully saturated rings. The van der Waals surface area contributed by atoms with Crippen molar-refractivity contribution in [2.75, 3.05) is 19.5 Å². The SMILES string of the molecule is COc1cc2nc(C)nc(NC(C)c3cccc(-c4cnn(C)c4)c3)c2cc1OC. The molecule has 2 heterocycles. The Balaban J connectivity index is 1.70. The second-order valence-corrected chi connectivity index (χ2v) is 7.24. The molecule has 0 aliphatic heterocycles. The number of methoxy groups -OCH3 is 2. The summed E-state index contributed by atoms with van der Waals surface area (Å²) in [6.45, 7) is 4.00. The fraction of sp³-hybridized carbons (Fsp3) is 0.261. The highest BCUT2D eigenvalue weighted by Crippen LogP contribution is 2.35. The van der Waals surface area contributed by atoms with Crippen LogP contribution in [0.25, 0.3) is 22.0 Å². The number of nitrogens with zero attached hydrogens (tertiary/aromatic N) is 4. The lowest BCUT2D eigenvalue weighted by atomic mass is 10.0. The largest absolute Gasteiger partial charge is 0.493 e. The minimum atomic E-state index is 0.0345. The van der Waals surface area contributed by atoms with E-state index in [1.807, 2.05) is 38.5 Å². The molecule has 2 aromatic carbocycles. The summed E-state index contributed by atoms with van der Waals surface area (Å²) in [6, 6.07) is 12.3. The molecule has 7 nitrogen and oxygen atoms in total. The summed E-state index contributed by atoms with van der Waals surface area (Å²) < 4.78 is 12.7. The van der Waals surface area contributed by atoms with Crippen LogP contribution in [-0.4, -0.2) is 34.0 Å². The Morgan fingerprint density at radius 2 is 1.77 bits per heavy atom. The monoisotopic (exact) mass is 403 g/mol. The van der Waals surface area contributed by atoms with Crippen LogP contribution in [0.4, 0.5) is 5.82 Å². The van der Waals surface area contributed by atoms with Gasteiger partial charge in [-0.3, -0.25) is 4.68 Å². The highest BCUT2D eigenvalue weighted by molar-refractivity contribution is 5.92. The number of benzene rings is 2. The molecule has 0 saturated carbocycles. The molecule has 7 heteroatoms. The molecule has 0 bridgehead atoms. The zero-order valence-electron chi connectivity index (χ0n) is 17.8. The van der Waals surface area contributed by atoms with E-state index in [0.29, 0.717) is 17.3 Å². The fourth-order valence-electron chi connectivity index (χ4n) is 3.53. The summed E-state index contributed by atoms with van der Waals surface area (Å²) in [6.07, 6.45) is 3.89. The molecule has 1 N–H and O–H groups in total. The lowest BCUT2D eigenvalue weighted by Crippen LogP contribution is -2.10. The number of hydrogen-bond donors (Lipinski definition) is 1. The average Bonchev–Trinajstić information content (AvgIpc) is 3.19. The second kappa shape index (κ2) is 8.02. The molecule has 1 atom stereocenters. The Morgan fingerprint density at radius 1 is 1.00 bits per heavy atom. The summed E-state index contributed by atoms with van der Waals surface area (Å²) >= 11 is 0. The number of hydrogen-bond acceptors (Lipinski definition) is 6. The topological polar surface area (TPSA) is 74.1 Å². The second-order valence-electron chi connectivity index (χ2n) is 7.24. The number of ether oxygens (including phenoxy) is 2. The normalized spacial score (nSPS) is 12.0. The van der Waals surface area contributed by atoms with E-state index < -0.39 is 0 Å². The van der Waals surface area contributed by atoms with E-state index >= 15 is 0 Å². The minimum absolute atomic E-state index is 0.0345. The van der Waals surface area contributed by atoms with Crippen molar-refractivity contribution in [2.24, 2.45) is 7.05 Å². The summed E-state index contributed by atoms with van der Waals surface area (Å²) in [4.78, 5) is 9.21. The Labute approximate surface area is 175 Å². The molecule has 4 aromatic rings. The molecule has 30 heavy (non-hydrogen) atoms. The molecular formula is C23H25N5O2. The van der Waals surface area contributed by atoms with Gasteiger partial charge in [-0.25, -0.2) is 9.97 Å². The van der Waals surface area contributed by atoms with Crippen molar-refractivity contribution in [1.29, 1.82) is 0 Å². The number of aryl methyl sites for hydroxylation is 2. The van der Waals surface area contributed by atoms with E-state index in [-0.39, 0.29) is 6.04 Å². The molecule has 0 aliphatic carbocycles. The first-order chi connectivity index (χ1) is 14.5. The van der Waals surface area contributed by atoms with Gasteiger partial charge in [0, 0.05) is 36.3 Å². The molecule has 0 saturated heterocycles. The summed E-state index contributed by atoms with van der Waals surface area (Å²) in [5, 5.41) is 8.70. The first kappa shape index (κ1) is 19.7. The van der Waals surface area contributed by atoms with Gasteiger partial charge >= 0.3 is 0 Å². The van der Waals surface area contributed by atoms with Gasteiger partial charge < -0.3 is 14.8 Å². The molecule has 0 aliphatic rings. The number of fused-ring (bicyclic) bond motifs is 1. The Kier molecular flexibility index (Phi) is 5.27. The van der Waals surface area contributed by atoms with Gasteiger partial charge in [-0.1, -0.05) is 18.2 Å². The van der Waals surface area contributed by atoms with E-state index in [2.05, 4.69) is 51.6 Å². The minimum Gasteiger partial charge on any atom is -0.493 e. The number of anilines is 1. The van der Waals surface area contributed by atoms with Crippen molar-refractivity contribution in [3.8, 4) is 22.6 Å². The first-order valence-electron chi connectivity index (χ1n) is 9.74. The standard InChI is InChI=1S/C23H25N5O2/c1-14(16-7-6-8-17(9-16)18-12-24-28(3)13-18)25-23-19-10-21(29-4)22(30-5)11-20(19)26-15(2)27-23/h6-14H,1-5H3,(H,25,26,27). The number of nitrogens with one attached hydrogen (secondary N) is 1. The Hall–Kier alpha value is -3.61. The third-order valence-electron chi connectivity index (χ3n) is 5.09. The number of rotatable bonds is 6. The third kappa shape index (κ3) is 3.78. The van der Waals surface area contributed by atoms with Crippen molar-refractivity contribution >= 4 is 16.7 Å². The van der Waals surface area contributed by atoms with E-state index in [1.54, 1.807) is 18.9 Å². The van der Waals surface area contributed by atoms with Crippen LogP contribution in [0.3, 0.4) is 0 Å². The zero-order valence-corrected chi connectivity index (χ0v) is 17.8. The van der Waals surface area contributed by atoms with Gasteiger partial charge in [0.1, 0.15) is 11.6 Å². The van der Waals surface area contributed by atoms with Gasteiger partial charge in [-0.05, 0) is 37.1 Å². The van der Waals surface area contributed by atoms with E-state index in [0.717, 1.165) is 33.4 Å². The quantitative estimate of drug-likeness (QED) is 0.510. The van der Waals surface area contributed by atoms with Crippen LogP contribution in [0.1, 0.15) is 24.4 Å². The van der Waals surface area contributed by atoms with E-state index in [9.17, 15) is 0 Å². The molecule has 2 aromatic heterocycles. The number of aromatic nitrogens is 4. The molecule has 0 radical (unpaired) electrons.